The van der Waals surface area contributed by atoms with Crippen molar-refractivity contribution in [1.82, 2.24) is 9.97 Å². The number of hydrogen-bond donors (Lipinski definition) is 1. The minimum Gasteiger partial charge on any atom is -0.381 e. The Labute approximate surface area is 100 Å². The molecule has 2 heterocycles. The molecule has 1 aromatic rings. The monoisotopic (exact) mass is 241 g/mol. The molecule has 0 aromatic carbocycles. The fraction of sp³-hybridized carbons (Fsp3) is 0.636. The summed E-state index contributed by atoms with van der Waals surface area (Å²) in [5, 5.41) is 3.77. The second-order valence-corrected chi connectivity index (χ2v) is 4.98. The van der Waals surface area contributed by atoms with Gasteiger partial charge in [-0.3, -0.25) is 0 Å². The molecular formula is C11H16ClN3O. The van der Waals surface area contributed by atoms with E-state index in [1.807, 2.05) is 6.92 Å². The predicted molar refractivity (Wildman–Crippen MR) is 63.8 cm³/mol. The van der Waals surface area contributed by atoms with Crippen molar-refractivity contribution in [3.05, 3.63) is 17.0 Å². The van der Waals surface area contributed by atoms with Crippen molar-refractivity contribution in [2.45, 2.75) is 20.3 Å². The first-order valence-corrected chi connectivity index (χ1v) is 5.78. The zero-order chi connectivity index (χ0) is 11.6. The topological polar surface area (TPSA) is 47.0 Å². The molecule has 88 valence electrons. The number of anilines is 1. The minimum absolute atomic E-state index is 0.200. The number of aryl methyl sites for hydroxylation is 1. The van der Waals surface area contributed by atoms with Crippen molar-refractivity contribution in [1.29, 1.82) is 0 Å². The maximum absolute atomic E-state index is 5.86. The first-order valence-electron chi connectivity index (χ1n) is 5.40. The highest BCUT2D eigenvalue weighted by atomic mass is 35.5. The van der Waals surface area contributed by atoms with Crippen molar-refractivity contribution in [3.8, 4) is 0 Å². The highest BCUT2D eigenvalue weighted by molar-refractivity contribution is 6.29. The molecule has 1 aromatic heterocycles. The molecule has 1 N–H and O–H groups in total. The van der Waals surface area contributed by atoms with Gasteiger partial charge in [0, 0.05) is 24.6 Å². The molecule has 0 bridgehead atoms. The predicted octanol–water partition coefficient (Wildman–Crippen LogP) is 2.28. The quantitative estimate of drug-likeness (QED) is 0.825. The molecule has 1 aliphatic heterocycles. The Morgan fingerprint density at radius 1 is 1.56 bits per heavy atom. The van der Waals surface area contributed by atoms with Gasteiger partial charge in [-0.2, -0.15) is 0 Å². The Bertz CT molecular complexity index is 357. The van der Waals surface area contributed by atoms with Gasteiger partial charge in [-0.1, -0.05) is 18.5 Å². The number of halogens is 1. The summed E-state index contributed by atoms with van der Waals surface area (Å²) in [6.45, 7) is 6.54. The standard InChI is InChI=1S/C11H16ClN3O/c1-8-14-9(12)5-10(15-8)13-6-11(2)3-4-16-7-11/h5H,3-4,6-7H2,1-2H3,(H,13,14,15). The Kier molecular flexibility index (Phi) is 3.30. The van der Waals surface area contributed by atoms with Crippen molar-refractivity contribution >= 4 is 17.4 Å². The number of hydrogen-bond acceptors (Lipinski definition) is 4. The molecule has 4 nitrogen and oxygen atoms in total. The summed E-state index contributed by atoms with van der Waals surface area (Å²) >= 11 is 5.86. The van der Waals surface area contributed by atoms with E-state index in [2.05, 4.69) is 22.2 Å². The second-order valence-electron chi connectivity index (χ2n) is 4.59. The van der Waals surface area contributed by atoms with E-state index < -0.39 is 0 Å². The molecule has 0 amide bonds. The van der Waals surface area contributed by atoms with Crippen LogP contribution in [0, 0.1) is 12.3 Å². The third-order valence-electron chi connectivity index (χ3n) is 2.80. The zero-order valence-electron chi connectivity index (χ0n) is 9.59. The molecule has 0 aliphatic carbocycles. The van der Waals surface area contributed by atoms with Crippen molar-refractivity contribution in [2.24, 2.45) is 5.41 Å². The van der Waals surface area contributed by atoms with Crippen LogP contribution in [0.25, 0.3) is 0 Å². The first kappa shape index (κ1) is 11.6. The van der Waals surface area contributed by atoms with Crippen LogP contribution in [0.4, 0.5) is 5.82 Å². The Hall–Kier alpha value is -0.870. The van der Waals surface area contributed by atoms with E-state index in [0.29, 0.717) is 11.0 Å². The summed E-state index contributed by atoms with van der Waals surface area (Å²) < 4.78 is 5.40. The van der Waals surface area contributed by atoms with Gasteiger partial charge in [-0.15, -0.1) is 0 Å². The van der Waals surface area contributed by atoms with Gasteiger partial charge in [0.05, 0.1) is 6.61 Å². The molecule has 1 fully saturated rings. The molecule has 0 radical (unpaired) electrons. The lowest BCUT2D eigenvalue weighted by molar-refractivity contribution is 0.164. The number of aromatic nitrogens is 2. The lowest BCUT2D eigenvalue weighted by Gasteiger charge is -2.22. The van der Waals surface area contributed by atoms with Gasteiger partial charge in [-0.05, 0) is 13.3 Å². The average Bonchev–Trinajstić information content (AvgIpc) is 2.62. The van der Waals surface area contributed by atoms with Crippen molar-refractivity contribution in [2.75, 3.05) is 25.1 Å². The van der Waals surface area contributed by atoms with Crippen LogP contribution in [0.15, 0.2) is 6.07 Å². The summed E-state index contributed by atoms with van der Waals surface area (Å²) in [7, 11) is 0. The van der Waals surface area contributed by atoms with Gasteiger partial charge >= 0.3 is 0 Å². The van der Waals surface area contributed by atoms with E-state index in [9.17, 15) is 0 Å². The number of nitrogens with one attached hydrogen (secondary N) is 1. The Balaban J connectivity index is 1.98. The van der Waals surface area contributed by atoms with Crippen LogP contribution >= 0.6 is 11.6 Å². The van der Waals surface area contributed by atoms with E-state index in [1.54, 1.807) is 6.07 Å². The van der Waals surface area contributed by atoms with E-state index >= 15 is 0 Å². The fourth-order valence-electron chi connectivity index (χ4n) is 1.77. The van der Waals surface area contributed by atoms with Crippen LogP contribution < -0.4 is 5.32 Å². The smallest absolute Gasteiger partial charge is 0.134 e. The zero-order valence-corrected chi connectivity index (χ0v) is 10.3. The van der Waals surface area contributed by atoms with Crippen LogP contribution in [-0.4, -0.2) is 29.7 Å². The molecule has 5 heteroatoms. The molecule has 2 rings (SSSR count). The number of ether oxygens (including phenoxy) is 1. The van der Waals surface area contributed by atoms with Crippen LogP contribution in [0.3, 0.4) is 0 Å². The SMILES string of the molecule is Cc1nc(Cl)cc(NCC2(C)CCOC2)n1. The van der Waals surface area contributed by atoms with Gasteiger partial charge in [0.25, 0.3) is 0 Å². The summed E-state index contributed by atoms with van der Waals surface area (Å²) in [5.74, 6) is 1.47. The maximum Gasteiger partial charge on any atom is 0.134 e. The molecule has 1 aliphatic rings. The molecule has 1 atom stereocenters. The highest BCUT2D eigenvalue weighted by Crippen LogP contribution is 2.27. The van der Waals surface area contributed by atoms with Crippen LogP contribution in [0.2, 0.25) is 5.15 Å². The number of rotatable bonds is 3. The molecule has 0 spiro atoms. The van der Waals surface area contributed by atoms with Crippen LogP contribution in [0.1, 0.15) is 19.2 Å². The third-order valence-corrected chi connectivity index (χ3v) is 3.00. The highest BCUT2D eigenvalue weighted by Gasteiger charge is 2.29. The largest absolute Gasteiger partial charge is 0.381 e. The fourth-order valence-corrected chi connectivity index (χ4v) is 2.00. The van der Waals surface area contributed by atoms with Crippen LogP contribution in [0.5, 0.6) is 0 Å². The van der Waals surface area contributed by atoms with E-state index in [0.717, 1.165) is 32.0 Å². The molecule has 1 saturated heterocycles. The minimum atomic E-state index is 0.200. The lowest BCUT2D eigenvalue weighted by atomic mass is 9.90. The molecular weight excluding hydrogens is 226 g/mol. The van der Waals surface area contributed by atoms with Crippen molar-refractivity contribution < 1.29 is 4.74 Å². The second kappa shape index (κ2) is 4.55. The van der Waals surface area contributed by atoms with Gasteiger partial charge in [0.1, 0.15) is 16.8 Å². The Morgan fingerprint density at radius 3 is 3.00 bits per heavy atom. The third kappa shape index (κ3) is 2.83. The normalized spacial score (nSPS) is 24.7. The number of nitrogens with zero attached hydrogens (tertiary/aromatic N) is 2. The van der Waals surface area contributed by atoms with E-state index in [1.165, 1.54) is 0 Å². The summed E-state index contributed by atoms with van der Waals surface area (Å²) in [5.41, 5.74) is 0.200. The molecule has 16 heavy (non-hydrogen) atoms. The van der Waals surface area contributed by atoms with Gasteiger partial charge in [-0.25, -0.2) is 9.97 Å². The van der Waals surface area contributed by atoms with Gasteiger partial charge in [0.2, 0.25) is 0 Å². The molecule has 0 saturated carbocycles. The summed E-state index contributed by atoms with van der Waals surface area (Å²) in [4.78, 5) is 8.30. The van der Waals surface area contributed by atoms with E-state index in [4.69, 9.17) is 16.3 Å². The Morgan fingerprint density at radius 2 is 2.38 bits per heavy atom. The van der Waals surface area contributed by atoms with Gasteiger partial charge < -0.3 is 10.1 Å². The lowest BCUT2D eigenvalue weighted by Crippen LogP contribution is -2.27. The van der Waals surface area contributed by atoms with Crippen molar-refractivity contribution in [3.63, 3.8) is 0 Å². The first-order chi connectivity index (χ1) is 7.57. The molecule has 1 unspecified atom stereocenters. The summed E-state index contributed by atoms with van der Waals surface area (Å²) in [6.07, 6.45) is 1.08. The van der Waals surface area contributed by atoms with Crippen LogP contribution in [-0.2, 0) is 4.74 Å². The maximum atomic E-state index is 5.86. The summed E-state index contributed by atoms with van der Waals surface area (Å²) in [6, 6.07) is 1.74. The van der Waals surface area contributed by atoms with E-state index in [-0.39, 0.29) is 5.41 Å². The average molecular weight is 242 g/mol. The van der Waals surface area contributed by atoms with Gasteiger partial charge in [0.15, 0.2) is 0 Å².